The molecular formula is C19H38O3. The van der Waals surface area contributed by atoms with Gasteiger partial charge in [0.1, 0.15) is 6.79 Å². The van der Waals surface area contributed by atoms with Crippen LogP contribution in [0.25, 0.3) is 0 Å². The predicted molar refractivity (Wildman–Crippen MR) is 94.0 cm³/mol. The van der Waals surface area contributed by atoms with Gasteiger partial charge in [0.15, 0.2) is 0 Å². The van der Waals surface area contributed by atoms with E-state index in [1.165, 1.54) is 51.4 Å². The van der Waals surface area contributed by atoms with E-state index in [2.05, 4.69) is 13.5 Å². The number of hydrogen-bond donors (Lipinski definition) is 1. The second kappa shape index (κ2) is 17.0. The minimum Gasteiger partial charge on any atom is -0.393 e. The van der Waals surface area contributed by atoms with E-state index in [1.807, 2.05) is 6.08 Å². The van der Waals surface area contributed by atoms with Crippen LogP contribution in [-0.2, 0) is 9.47 Å². The molecule has 0 aromatic rings. The van der Waals surface area contributed by atoms with Crippen LogP contribution in [0.2, 0.25) is 0 Å². The Labute approximate surface area is 138 Å². The summed E-state index contributed by atoms with van der Waals surface area (Å²) in [4.78, 5) is 0. The first-order valence-corrected chi connectivity index (χ1v) is 9.14. The minimum atomic E-state index is -0.272. The Morgan fingerprint density at radius 2 is 1.59 bits per heavy atom. The van der Waals surface area contributed by atoms with Gasteiger partial charge in [0.05, 0.1) is 12.2 Å². The van der Waals surface area contributed by atoms with Crippen molar-refractivity contribution < 1.29 is 14.6 Å². The zero-order chi connectivity index (χ0) is 16.5. The lowest BCUT2D eigenvalue weighted by Crippen LogP contribution is -2.21. The van der Waals surface area contributed by atoms with Gasteiger partial charge < -0.3 is 14.6 Å². The second-order valence-electron chi connectivity index (χ2n) is 6.23. The maximum atomic E-state index is 10.1. The number of unbranched alkanes of at least 4 members (excludes halogenated alkanes) is 8. The number of aliphatic hydroxyl groups excluding tert-OH is 1. The van der Waals surface area contributed by atoms with Crippen LogP contribution in [0.3, 0.4) is 0 Å². The zero-order valence-corrected chi connectivity index (χ0v) is 14.9. The van der Waals surface area contributed by atoms with Crippen LogP contribution in [0.4, 0.5) is 0 Å². The highest BCUT2D eigenvalue weighted by Crippen LogP contribution is 2.15. The fourth-order valence-electron chi connectivity index (χ4n) is 2.69. The molecule has 0 unspecified atom stereocenters. The van der Waals surface area contributed by atoms with E-state index in [4.69, 9.17) is 9.47 Å². The highest BCUT2D eigenvalue weighted by Gasteiger charge is 2.13. The standard InChI is InChI=1S/C19H38O3/c1-4-6-7-8-9-10-11-12-13-15-18(20)16-19(14-5-2)22-17-21-3/h5,18-20H,2,4,6-17H2,1,3H3/t18-,19-/m1/s1. The van der Waals surface area contributed by atoms with Gasteiger partial charge in [-0.15, -0.1) is 6.58 Å². The van der Waals surface area contributed by atoms with Crippen molar-refractivity contribution in [2.45, 2.75) is 96.2 Å². The molecule has 0 rings (SSSR count). The molecule has 0 heterocycles. The Hall–Kier alpha value is -0.380. The predicted octanol–water partition coefficient (Wildman–Crippen LogP) is 5.22. The molecule has 0 amide bonds. The molecule has 3 nitrogen and oxygen atoms in total. The van der Waals surface area contributed by atoms with Crippen molar-refractivity contribution in [2.75, 3.05) is 13.9 Å². The van der Waals surface area contributed by atoms with Crippen LogP contribution in [0.5, 0.6) is 0 Å². The van der Waals surface area contributed by atoms with Crippen molar-refractivity contribution in [2.24, 2.45) is 0 Å². The SMILES string of the molecule is C=CC[C@H](C[C@H](O)CCCCCCCCCCC)OCOC. The summed E-state index contributed by atoms with van der Waals surface area (Å²) in [7, 11) is 1.61. The lowest BCUT2D eigenvalue weighted by atomic mass is 10.0. The Morgan fingerprint density at radius 3 is 2.14 bits per heavy atom. The topological polar surface area (TPSA) is 38.7 Å². The molecule has 132 valence electrons. The molecule has 0 aliphatic carbocycles. The van der Waals surface area contributed by atoms with Crippen molar-refractivity contribution in [1.29, 1.82) is 0 Å². The maximum absolute atomic E-state index is 10.1. The van der Waals surface area contributed by atoms with Crippen molar-refractivity contribution in [3.05, 3.63) is 12.7 Å². The van der Waals surface area contributed by atoms with Crippen molar-refractivity contribution in [1.82, 2.24) is 0 Å². The largest absolute Gasteiger partial charge is 0.393 e. The van der Waals surface area contributed by atoms with Gasteiger partial charge in [-0.25, -0.2) is 0 Å². The van der Waals surface area contributed by atoms with Gasteiger partial charge in [-0.3, -0.25) is 0 Å². The van der Waals surface area contributed by atoms with E-state index >= 15 is 0 Å². The van der Waals surface area contributed by atoms with Gasteiger partial charge in [0.2, 0.25) is 0 Å². The first kappa shape index (κ1) is 21.6. The number of aliphatic hydroxyl groups is 1. The van der Waals surface area contributed by atoms with Crippen LogP contribution in [0.1, 0.15) is 84.0 Å². The molecule has 1 N–H and O–H groups in total. The first-order chi connectivity index (χ1) is 10.7. The molecule has 0 bridgehead atoms. The van der Waals surface area contributed by atoms with E-state index in [0.717, 1.165) is 19.3 Å². The maximum Gasteiger partial charge on any atom is 0.146 e. The molecule has 0 saturated carbocycles. The third kappa shape index (κ3) is 14.6. The average Bonchev–Trinajstić information content (AvgIpc) is 2.51. The minimum absolute atomic E-state index is 0.0195. The lowest BCUT2D eigenvalue weighted by Gasteiger charge is -2.19. The summed E-state index contributed by atoms with van der Waals surface area (Å²) in [5.74, 6) is 0. The number of rotatable bonds is 17. The Kier molecular flexibility index (Phi) is 16.7. The molecule has 0 radical (unpaired) electrons. The molecule has 0 aliphatic rings. The summed E-state index contributed by atoms with van der Waals surface area (Å²) >= 11 is 0. The molecule has 0 fully saturated rings. The average molecular weight is 315 g/mol. The third-order valence-corrected chi connectivity index (χ3v) is 4.03. The molecule has 3 heteroatoms. The van der Waals surface area contributed by atoms with E-state index < -0.39 is 0 Å². The van der Waals surface area contributed by atoms with E-state index in [1.54, 1.807) is 7.11 Å². The quantitative estimate of drug-likeness (QED) is 0.227. The van der Waals surface area contributed by atoms with Crippen molar-refractivity contribution >= 4 is 0 Å². The van der Waals surface area contributed by atoms with E-state index in [0.29, 0.717) is 6.42 Å². The number of ether oxygens (including phenoxy) is 2. The summed E-state index contributed by atoms with van der Waals surface area (Å²) in [6.45, 7) is 6.27. The molecule has 22 heavy (non-hydrogen) atoms. The summed E-state index contributed by atoms with van der Waals surface area (Å²) in [5.41, 5.74) is 0. The molecule has 2 atom stereocenters. The van der Waals surface area contributed by atoms with Gasteiger partial charge in [0, 0.05) is 7.11 Å². The second-order valence-corrected chi connectivity index (χ2v) is 6.23. The molecule has 0 aromatic carbocycles. The van der Waals surface area contributed by atoms with Crippen LogP contribution in [0, 0.1) is 0 Å². The molecular weight excluding hydrogens is 276 g/mol. The van der Waals surface area contributed by atoms with E-state index in [9.17, 15) is 5.11 Å². The van der Waals surface area contributed by atoms with Crippen molar-refractivity contribution in [3.8, 4) is 0 Å². The number of methoxy groups -OCH3 is 1. The molecule has 0 aliphatic heterocycles. The summed E-state index contributed by atoms with van der Waals surface area (Å²) < 4.78 is 10.5. The Balaban J connectivity index is 3.50. The third-order valence-electron chi connectivity index (χ3n) is 4.03. The van der Waals surface area contributed by atoms with Gasteiger partial charge in [0.25, 0.3) is 0 Å². The van der Waals surface area contributed by atoms with Gasteiger partial charge in [-0.1, -0.05) is 70.8 Å². The van der Waals surface area contributed by atoms with Gasteiger partial charge in [-0.05, 0) is 19.3 Å². The normalized spacial score (nSPS) is 14.0. The summed E-state index contributed by atoms with van der Waals surface area (Å²) in [6.07, 6.45) is 15.7. The fourth-order valence-corrected chi connectivity index (χ4v) is 2.69. The summed E-state index contributed by atoms with van der Waals surface area (Å²) in [6, 6.07) is 0. The van der Waals surface area contributed by atoms with Crippen LogP contribution < -0.4 is 0 Å². The Morgan fingerprint density at radius 1 is 1.00 bits per heavy atom. The first-order valence-electron chi connectivity index (χ1n) is 9.14. The zero-order valence-electron chi connectivity index (χ0n) is 14.9. The molecule has 0 spiro atoms. The Bertz CT molecular complexity index is 231. The molecule has 0 aromatic heterocycles. The summed E-state index contributed by atoms with van der Waals surface area (Å²) in [5, 5.41) is 10.1. The van der Waals surface area contributed by atoms with E-state index in [-0.39, 0.29) is 19.0 Å². The van der Waals surface area contributed by atoms with Gasteiger partial charge in [-0.2, -0.15) is 0 Å². The number of hydrogen-bond acceptors (Lipinski definition) is 3. The van der Waals surface area contributed by atoms with Crippen LogP contribution in [0.15, 0.2) is 12.7 Å². The van der Waals surface area contributed by atoms with Crippen molar-refractivity contribution in [3.63, 3.8) is 0 Å². The van der Waals surface area contributed by atoms with Crippen LogP contribution in [-0.4, -0.2) is 31.2 Å². The van der Waals surface area contributed by atoms with Gasteiger partial charge >= 0.3 is 0 Å². The fraction of sp³-hybridized carbons (Fsp3) is 0.895. The smallest absolute Gasteiger partial charge is 0.146 e. The highest BCUT2D eigenvalue weighted by atomic mass is 16.7. The van der Waals surface area contributed by atoms with Crippen LogP contribution >= 0.6 is 0 Å². The lowest BCUT2D eigenvalue weighted by molar-refractivity contribution is -0.0834. The monoisotopic (exact) mass is 314 g/mol. The molecule has 0 saturated heterocycles. The highest BCUT2D eigenvalue weighted by molar-refractivity contribution is 4.75.